The average molecular weight is 372 g/mol. The Kier molecular flexibility index (Phi) is 4.49. The lowest BCUT2D eigenvalue weighted by atomic mass is 10.0. The summed E-state index contributed by atoms with van der Waals surface area (Å²) in [6.07, 6.45) is -3.10. The van der Waals surface area contributed by atoms with Crippen LogP contribution in [0.3, 0.4) is 0 Å². The van der Waals surface area contributed by atoms with Gasteiger partial charge in [0.1, 0.15) is 0 Å². The Bertz CT molecular complexity index is 808. The lowest BCUT2D eigenvalue weighted by Gasteiger charge is -2.28. The molecule has 0 amide bonds. The van der Waals surface area contributed by atoms with E-state index in [2.05, 4.69) is 0 Å². The second-order valence-corrected chi connectivity index (χ2v) is 6.74. The SMILES string of the molecule is CC1CCc2c(cc(O)c(O)c2Cl)N(c2cccc(C(F)(F)F)c2)C1. The molecule has 134 valence electrons. The molecule has 0 saturated carbocycles. The van der Waals surface area contributed by atoms with Gasteiger partial charge in [-0.15, -0.1) is 0 Å². The zero-order valence-electron chi connectivity index (χ0n) is 13.4. The second kappa shape index (κ2) is 6.33. The number of hydrogen-bond donors (Lipinski definition) is 2. The van der Waals surface area contributed by atoms with E-state index < -0.39 is 23.2 Å². The van der Waals surface area contributed by atoms with Crippen molar-refractivity contribution >= 4 is 23.0 Å². The molecule has 3 nitrogen and oxygen atoms in total. The lowest BCUT2D eigenvalue weighted by Crippen LogP contribution is -2.23. The zero-order valence-corrected chi connectivity index (χ0v) is 14.2. The summed E-state index contributed by atoms with van der Waals surface area (Å²) in [6.45, 7) is 2.48. The molecule has 1 unspecified atom stereocenters. The Morgan fingerprint density at radius 1 is 1.20 bits per heavy atom. The minimum atomic E-state index is -4.44. The molecule has 1 aliphatic rings. The van der Waals surface area contributed by atoms with Crippen LogP contribution in [0.1, 0.15) is 24.5 Å². The molecular weight excluding hydrogens is 355 g/mol. The molecule has 1 heterocycles. The van der Waals surface area contributed by atoms with Crippen LogP contribution in [0.4, 0.5) is 24.5 Å². The third kappa shape index (κ3) is 3.35. The zero-order chi connectivity index (χ0) is 18.4. The second-order valence-electron chi connectivity index (χ2n) is 6.36. The van der Waals surface area contributed by atoms with Crippen molar-refractivity contribution in [2.24, 2.45) is 5.92 Å². The van der Waals surface area contributed by atoms with Crippen LogP contribution in [-0.4, -0.2) is 16.8 Å². The van der Waals surface area contributed by atoms with Gasteiger partial charge in [0.2, 0.25) is 0 Å². The topological polar surface area (TPSA) is 43.7 Å². The van der Waals surface area contributed by atoms with E-state index >= 15 is 0 Å². The number of nitrogens with zero attached hydrogens (tertiary/aromatic N) is 1. The summed E-state index contributed by atoms with van der Waals surface area (Å²) in [6, 6.07) is 6.41. The molecule has 0 saturated heterocycles. The third-order valence-corrected chi connectivity index (χ3v) is 4.86. The first-order chi connectivity index (χ1) is 11.7. The first-order valence-electron chi connectivity index (χ1n) is 7.86. The van der Waals surface area contributed by atoms with Crippen LogP contribution in [-0.2, 0) is 12.6 Å². The van der Waals surface area contributed by atoms with Crippen LogP contribution < -0.4 is 4.90 Å². The van der Waals surface area contributed by atoms with Gasteiger partial charge in [-0.1, -0.05) is 24.6 Å². The summed E-state index contributed by atoms with van der Waals surface area (Å²) in [4.78, 5) is 1.72. The Hall–Kier alpha value is -2.08. The van der Waals surface area contributed by atoms with Crippen molar-refractivity contribution in [2.45, 2.75) is 25.9 Å². The fourth-order valence-corrected chi connectivity index (χ4v) is 3.41. The Morgan fingerprint density at radius 3 is 2.60 bits per heavy atom. The predicted molar refractivity (Wildman–Crippen MR) is 90.7 cm³/mol. The maximum Gasteiger partial charge on any atom is 0.416 e. The number of phenols is 2. The molecule has 7 heteroatoms. The van der Waals surface area contributed by atoms with Crippen LogP contribution in [0, 0.1) is 5.92 Å². The molecule has 2 N–H and O–H groups in total. The molecule has 0 bridgehead atoms. The highest BCUT2D eigenvalue weighted by molar-refractivity contribution is 6.33. The van der Waals surface area contributed by atoms with E-state index in [1.54, 1.807) is 11.0 Å². The van der Waals surface area contributed by atoms with Gasteiger partial charge in [-0.2, -0.15) is 13.2 Å². The molecule has 0 radical (unpaired) electrons. The van der Waals surface area contributed by atoms with E-state index in [1.807, 2.05) is 6.92 Å². The summed E-state index contributed by atoms with van der Waals surface area (Å²) in [7, 11) is 0. The van der Waals surface area contributed by atoms with Crippen LogP contribution in [0.5, 0.6) is 11.5 Å². The standard InChI is InChI=1S/C18H17ClF3NO2/c1-10-5-6-13-14(8-15(24)17(25)16(13)19)23(9-10)12-4-2-3-11(7-12)18(20,21)22/h2-4,7-8,10,24-25H,5-6,9H2,1H3. The van der Waals surface area contributed by atoms with E-state index in [9.17, 15) is 23.4 Å². The maximum atomic E-state index is 13.1. The minimum Gasteiger partial charge on any atom is -0.504 e. The number of anilines is 2. The van der Waals surface area contributed by atoms with Gasteiger partial charge in [-0.3, -0.25) is 0 Å². The Labute approximate surface area is 148 Å². The summed E-state index contributed by atoms with van der Waals surface area (Å²) in [5.74, 6) is -0.600. The molecular formula is C18H17ClF3NO2. The normalized spacial score (nSPS) is 18.0. The number of fused-ring (bicyclic) bond motifs is 1. The van der Waals surface area contributed by atoms with Crippen LogP contribution >= 0.6 is 11.6 Å². The highest BCUT2D eigenvalue weighted by atomic mass is 35.5. The number of aromatic hydroxyl groups is 2. The number of phenolic OH excluding ortho intramolecular Hbond substituents is 2. The number of hydrogen-bond acceptors (Lipinski definition) is 3. The first kappa shape index (κ1) is 17.7. The average Bonchev–Trinajstić information content (AvgIpc) is 2.71. The van der Waals surface area contributed by atoms with E-state index in [1.165, 1.54) is 12.1 Å². The smallest absolute Gasteiger partial charge is 0.416 e. The van der Waals surface area contributed by atoms with Gasteiger partial charge < -0.3 is 15.1 Å². The van der Waals surface area contributed by atoms with E-state index in [-0.39, 0.29) is 10.9 Å². The Balaban J connectivity index is 2.17. The number of benzene rings is 2. The van der Waals surface area contributed by atoms with Crippen molar-refractivity contribution in [1.29, 1.82) is 0 Å². The first-order valence-corrected chi connectivity index (χ1v) is 8.24. The van der Waals surface area contributed by atoms with E-state index in [4.69, 9.17) is 11.6 Å². The van der Waals surface area contributed by atoms with Crippen molar-refractivity contribution in [1.82, 2.24) is 0 Å². The summed E-state index contributed by atoms with van der Waals surface area (Å²) in [5, 5.41) is 19.8. The van der Waals surface area contributed by atoms with E-state index in [0.717, 1.165) is 18.6 Å². The van der Waals surface area contributed by atoms with Crippen LogP contribution in [0.15, 0.2) is 30.3 Å². The van der Waals surface area contributed by atoms with Gasteiger partial charge in [-0.05, 0) is 42.5 Å². The lowest BCUT2D eigenvalue weighted by molar-refractivity contribution is -0.137. The molecule has 2 aromatic rings. The molecule has 1 atom stereocenters. The molecule has 0 aromatic heterocycles. The third-order valence-electron chi connectivity index (χ3n) is 4.46. The summed E-state index contributed by atoms with van der Waals surface area (Å²) < 4.78 is 39.2. The maximum absolute atomic E-state index is 13.1. The molecule has 1 aliphatic heterocycles. The highest BCUT2D eigenvalue weighted by Gasteiger charge is 2.32. The molecule has 0 aliphatic carbocycles. The largest absolute Gasteiger partial charge is 0.504 e. The van der Waals surface area contributed by atoms with Crippen molar-refractivity contribution in [3.8, 4) is 11.5 Å². The van der Waals surface area contributed by atoms with Crippen molar-refractivity contribution in [2.75, 3.05) is 11.4 Å². The van der Waals surface area contributed by atoms with Crippen molar-refractivity contribution < 1.29 is 23.4 Å². The number of rotatable bonds is 1. The van der Waals surface area contributed by atoms with Crippen LogP contribution in [0.2, 0.25) is 5.02 Å². The van der Waals surface area contributed by atoms with Gasteiger partial charge >= 0.3 is 6.18 Å². The van der Waals surface area contributed by atoms with Gasteiger partial charge in [0.05, 0.1) is 10.6 Å². The molecule has 25 heavy (non-hydrogen) atoms. The fourth-order valence-electron chi connectivity index (χ4n) is 3.12. The van der Waals surface area contributed by atoms with E-state index in [0.29, 0.717) is 29.9 Å². The minimum absolute atomic E-state index is 0.0427. The van der Waals surface area contributed by atoms with Crippen molar-refractivity contribution in [3.63, 3.8) is 0 Å². The molecule has 0 spiro atoms. The quantitative estimate of drug-likeness (QED) is 0.651. The van der Waals surface area contributed by atoms with Gasteiger partial charge in [0, 0.05) is 24.0 Å². The molecule has 0 fully saturated rings. The summed E-state index contributed by atoms with van der Waals surface area (Å²) >= 11 is 6.18. The van der Waals surface area contributed by atoms with Gasteiger partial charge in [0.25, 0.3) is 0 Å². The van der Waals surface area contributed by atoms with Gasteiger partial charge in [-0.25, -0.2) is 0 Å². The number of halogens is 4. The van der Waals surface area contributed by atoms with Crippen molar-refractivity contribution in [3.05, 3.63) is 46.5 Å². The van der Waals surface area contributed by atoms with Crippen LogP contribution in [0.25, 0.3) is 0 Å². The fraction of sp³-hybridized carbons (Fsp3) is 0.333. The number of alkyl halides is 3. The molecule has 3 rings (SSSR count). The Morgan fingerprint density at radius 2 is 1.92 bits per heavy atom. The highest BCUT2D eigenvalue weighted by Crippen LogP contribution is 2.46. The summed E-state index contributed by atoms with van der Waals surface area (Å²) in [5.41, 5.74) is 0.770. The monoisotopic (exact) mass is 371 g/mol. The van der Waals surface area contributed by atoms with Gasteiger partial charge in [0.15, 0.2) is 11.5 Å². The molecule has 2 aromatic carbocycles. The predicted octanol–water partition coefficient (Wildman–Crippen LogP) is 5.49.